The lowest BCUT2D eigenvalue weighted by Crippen LogP contribution is -2.22. The van der Waals surface area contributed by atoms with Crippen molar-refractivity contribution in [2.45, 2.75) is 12.8 Å². The molecule has 1 aromatic rings. The summed E-state index contributed by atoms with van der Waals surface area (Å²) in [7, 11) is 0. The van der Waals surface area contributed by atoms with E-state index >= 15 is 0 Å². The monoisotopic (exact) mass is 237 g/mol. The summed E-state index contributed by atoms with van der Waals surface area (Å²) in [5, 5.41) is 0. The molecule has 0 fully saturated rings. The Morgan fingerprint density at radius 2 is 1.71 bits per heavy atom. The molecule has 0 bridgehead atoms. The Labute approximate surface area is 96.6 Å². The molecule has 0 aliphatic heterocycles. The molecular weight excluding hydrogens is 223 g/mol. The maximum atomic E-state index is 5.42. The van der Waals surface area contributed by atoms with E-state index in [1.807, 2.05) is 24.3 Å². The van der Waals surface area contributed by atoms with E-state index in [-0.39, 0.29) is 24.8 Å². The summed E-state index contributed by atoms with van der Waals surface area (Å²) < 4.78 is 5.14. The zero-order chi connectivity index (χ0) is 8.97. The van der Waals surface area contributed by atoms with Crippen LogP contribution in [0.4, 0.5) is 0 Å². The Kier molecular flexibility index (Phi) is 8.99. The van der Waals surface area contributed by atoms with Crippen LogP contribution in [0.5, 0.6) is 5.75 Å². The molecule has 0 heterocycles. The largest absolute Gasteiger partial charge is 0.476 e. The van der Waals surface area contributed by atoms with Gasteiger partial charge in [0.15, 0.2) is 0 Å². The van der Waals surface area contributed by atoms with Gasteiger partial charge in [-0.2, -0.15) is 0 Å². The lowest BCUT2D eigenvalue weighted by molar-refractivity contribution is 0.255. The summed E-state index contributed by atoms with van der Waals surface area (Å²) in [6.07, 6.45) is -0.520. The van der Waals surface area contributed by atoms with Crippen molar-refractivity contribution < 1.29 is 4.74 Å². The van der Waals surface area contributed by atoms with Crippen LogP contribution < -0.4 is 16.2 Å². The van der Waals surface area contributed by atoms with Crippen LogP contribution in [0.1, 0.15) is 5.56 Å². The molecule has 1 unspecified atom stereocenters. The smallest absolute Gasteiger partial charge is 0.147 e. The Balaban J connectivity index is 0. The van der Waals surface area contributed by atoms with Crippen molar-refractivity contribution in [1.82, 2.24) is 0 Å². The van der Waals surface area contributed by atoms with Crippen LogP contribution in [-0.2, 0) is 6.54 Å². The fraction of sp³-hybridized carbons (Fsp3) is 0.222. The summed E-state index contributed by atoms with van der Waals surface area (Å²) in [6, 6.07) is 7.45. The molecule has 1 atom stereocenters. The van der Waals surface area contributed by atoms with Gasteiger partial charge in [0.2, 0.25) is 0 Å². The molecule has 0 aliphatic rings. The first-order valence-electron chi connectivity index (χ1n) is 3.76. The lowest BCUT2D eigenvalue weighted by atomic mass is 10.2. The topological polar surface area (TPSA) is 61.3 Å². The van der Waals surface area contributed by atoms with E-state index in [0.29, 0.717) is 6.54 Å². The van der Waals surface area contributed by atoms with Crippen LogP contribution in [0, 0.1) is 6.92 Å². The number of halogens is 2. The van der Waals surface area contributed by atoms with Crippen LogP contribution in [0.25, 0.3) is 0 Å². The molecule has 0 aromatic heterocycles. The molecule has 4 N–H and O–H groups in total. The number of ether oxygens (including phenoxy) is 1. The second kappa shape index (κ2) is 7.88. The summed E-state index contributed by atoms with van der Waals surface area (Å²) in [5.41, 5.74) is 11.8. The normalized spacial score (nSPS) is 10.8. The highest BCUT2D eigenvalue weighted by Gasteiger charge is 1.96. The molecule has 0 saturated carbocycles. The predicted molar refractivity (Wildman–Crippen MR) is 62.8 cm³/mol. The molecule has 0 amide bonds. The van der Waals surface area contributed by atoms with Gasteiger partial charge >= 0.3 is 0 Å². The maximum Gasteiger partial charge on any atom is 0.147 e. The summed E-state index contributed by atoms with van der Waals surface area (Å²) in [5.74, 6) is 0.717. The van der Waals surface area contributed by atoms with Gasteiger partial charge in [0.1, 0.15) is 12.0 Å². The van der Waals surface area contributed by atoms with Crippen LogP contribution in [0.2, 0.25) is 0 Å². The second-order valence-corrected chi connectivity index (χ2v) is 2.50. The van der Waals surface area contributed by atoms with E-state index in [4.69, 9.17) is 16.2 Å². The Bertz CT molecular complexity index is 239. The minimum absolute atomic E-state index is 0. The van der Waals surface area contributed by atoms with Crippen LogP contribution in [0.15, 0.2) is 24.3 Å². The van der Waals surface area contributed by atoms with E-state index in [1.54, 1.807) is 0 Å². The first-order valence-corrected chi connectivity index (χ1v) is 3.76. The van der Waals surface area contributed by atoms with Gasteiger partial charge in [0.05, 0.1) is 0 Å². The van der Waals surface area contributed by atoms with Crippen molar-refractivity contribution >= 4 is 24.8 Å². The molecule has 1 rings (SSSR count). The lowest BCUT2D eigenvalue weighted by Gasteiger charge is -2.09. The third-order valence-electron chi connectivity index (χ3n) is 1.45. The second-order valence-electron chi connectivity index (χ2n) is 2.50. The average molecular weight is 238 g/mol. The van der Waals surface area contributed by atoms with E-state index in [2.05, 4.69) is 6.92 Å². The number of rotatable bonds is 3. The highest BCUT2D eigenvalue weighted by molar-refractivity contribution is 5.85. The van der Waals surface area contributed by atoms with Crippen LogP contribution >= 0.6 is 24.8 Å². The first-order chi connectivity index (χ1) is 5.72. The zero-order valence-electron chi connectivity index (χ0n) is 7.68. The summed E-state index contributed by atoms with van der Waals surface area (Å²) in [6.45, 7) is 4.05. The van der Waals surface area contributed by atoms with Gasteiger partial charge in [-0.3, -0.25) is 5.73 Å². The van der Waals surface area contributed by atoms with E-state index in [9.17, 15) is 0 Å². The van der Waals surface area contributed by atoms with Gasteiger partial charge in [-0.05, 0) is 17.7 Å². The molecule has 0 aliphatic carbocycles. The van der Waals surface area contributed by atoms with Gasteiger partial charge in [0.25, 0.3) is 0 Å². The van der Waals surface area contributed by atoms with Gasteiger partial charge in [0, 0.05) is 13.5 Å². The molecule has 81 valence electrons. The maximum absolute atomic E-state index is 5.42. The minimum atomic E-state index is -0.520. The number of hydrogen-bond donors (Lipinski definition) is 2. The summed E-state index contributed by atoms with van der Waals surface area (Å²) >= 11 is 0. The minimum Gasteiger partial charge on any atom is -0.476 e. The molecular formula is C9H15Cl2N2O. The predicted octanol–water partition coefficient (Wildman–Crippen LogP) is 1.49. The number of benzene rings is 1. The molecule has 0 saturated heterocycles. The standard InChI is InChI=1S/C9H13N2O.2ClH/c1-7(11)12-9-4-2-8(6-10)3-5-9;;/h2-5,7H,1,6,10-11H2;2*1H. The molecule has 3 nitrogen and oxygen atoms in total. The van der Waals surface area contributed by atoms with Crippen molar-refractivity contribution in [2.24, 2.45) is 11.5 Å². The molecule has 1 aromatic carbocycles. The number of hydrogen-bond acceptors (Lipinski definition) is 3. The molecule has 14 heavy (non-hydrogen) atoms. The van der Waals surface area contributed by atoms with Gasteiger partial charge in [-0.25, -0.2) is 0 Å². The van der Waals surface area contributed by atoms with Crippen molar-refractivity contribution in [2.75, 3.05) is 0 Å². The fourth-order valence-electron chi connectivity index (χ4n) is 0.879. The van der Waals surface area contributed by atoms with E-state index in [1.165, 1.54) is 0 Å². The van der Waals surface area contributed by atoms with E-state index < -0.39 is 6.23 Å². The molecule has 1 radical (unpaired) electrons. The van der Waals surface area contributed by atoms with Gasteiger partial charge in [-0.15, -0.1) is 24.8 Å². The van der Waals surface area contributed by atoms with Crippen molar-refractivity contribution in [3.8, 4) is 5.75 Å². The molecule has 5 heteroatoms. The van der Waals surface area contributed by atoms with Crippen molar-refractivity contribution in [3.63, 3.8) is 0 Å². The Morgan fingerprint density at radius 3 is 2.07 bits per heavy atom. The van der Waals surface area contributed by atoms with Crippen LogP contribution in [-0.4, -0.2) is 6.23 Å². The third-order valence-corrected chi connectivity index (χ3v) is 1.45. The van der Waals surface area contributed by atoms with Crippen molar-refractivity contribution in [1.29, 1.82) is 0 Å². The summed E-state index contributed by atoms with van der Waals surface area (Å²) in [4.78, 5) is 0. The molecule has 0 spiro atoms. The Hall–Kier alpha value is -0.480. The highest BCUT2D eigenvalue weighted by Crippen LogP contribution is 2.12. The number of nitrogens with two attached hydrogens (primary N) is 2. The SMILES string of the molecule is Cl.Cl.[CH2]C(N)Oc1ccc(CN)cc1. The van der Waals surface area contributed by atoms with Crippen LogP contribution in [0.3, 0.4) is 0 Å². The quantitative estimate of drug-likeness (QED) is 0.784. The highest BCUT2D eigenvalue weighted by atomic mass is 35.5. The van der Waals surface area contributed by atoms with Gasteiger partial charge < -0.3 is 10.5 Å². The van der Waals surface area contributed by atoms with Gasteiger partial charge in [-0.1, -0.05) is 12.1 Å². The van der Waals surface area contributed by atoms with Crippen molar-refractivity contribution in [3.05, 3.63) is 36.8 Å². The van der Waals surface area contributed by atoms with E-state index in [0.717, 1.165) is 11.3 Å². The Morgan fingerprint density at radius 1 is 1.21 bits per heavy atom. The zero-order valence-corrected chi connectivity index (χ0v) is 9.31. The third kappa shape index (κ3) is 5.29. The average Bonchev–Trinajstić information content (AvgIpc) is 2.05. The first kappa shape index (κ1) is 16.0. The fourth-order valence-corrected chi connectivity index (χ4v) is 0.879.